The van der Waals surface area contributed by atoms with Crippen LogP contribution in [0.5, 0.6) is 0 Å². The molecule has 11 aromatic rings. The highest BCUT2D eigenvalue weighted by Crippen LogP contribution is 2.43. The molecular weight excluding hydrogens is 645 g/mol. The fourth-order valence-corrected chi connectivity index (χ4v) is 8.35. The van der Waals surface area contributed by atoms with E-state index < -0.39 is 0 Å². The first-order chi connectivity index (χ1) is 26.3. The van der Waals surface area contributed by atoms with Crippen molar-refractivity contribution >= 4 is 82.4 Å². The molecule has 0 bridgehead atoms. The molecule has 0 N–H and O–H groups in total. The molecular formula is C50H32N2O. The Bertz CT molecular complexity index is 3170. The van der Waals surface area contributed by atoms with Crippen molar-refractivity contribution in [3.63, 3.8) is 0 Å². The maximum atomic E-state index is 6.51. The molecule has 0 unspecified atom stereocenters. The van der Waals surface area contributed by atoms with Gasteiger partial charge in [-0.25, -0.2) is 0 Å². The molecule has 3 heteroatoms. The minimum absolute atomic E-state index is 0.901. The highest BCUT2D eigenvalue weighted by Gasteiger charge is 2.20. The lowest BCUT2D eigenvalue weighted by Crippen LogP contribution is -2.10. The Kier molecular flexibility index (Phi) is 6.55. The van der Waals surface area contributed by atoms with Crippen LogP contribution in [0.15, 0.2) is 199 Å². The van der Waals surface area contributed by atoms with E-state index in [1.54, 1.807) is 0 Å². The van der Waals surface area contributed by atoms with Gasteiger partial charge in [0.15, 0.2) is 5.58 Å². The number of fused-ring (bicyclic) bond motifs is 9. The van der Waals surface area contributed by atoms with Gasteiger partial charge >= 0.3 is 0 Å². The zero-order valence-electron chi connectivity index (χ0n) is 28.8. The van der Waals surface area contributed by atoms with Crippen LogP contribution < -0.4 is 4.90 Å². The number of anilines is 3. The lowest BCUT2D eigenvalue weighted by atomic mass is 9.98. The second-order valence-electron chi connectivity index (χ2n) is 13.7. The minimum Gasteiger partial charge on any atom is -0.454 e. The van der Waals surface area contributed by atoms with Crippen molar-refractivity contribution < 1.29 is 4.42 Å². The van der Waals surface area contributed by atoms with Gasteiger partial charge in [-0.3, -0.25) is 0 Å². The summed E-state index contributed by atoms with van der Waals surface area (Å²) in [7, 11) is 0. The Morgan fingerprint density at radius 1 is 0.377 bits per heavy atom. The molecule has 0 aliphatic rings. The Hall–Kier alpha value is -7.10. The van der Waals surface area contributed by atoms with Crippen LogP contribution in [0.4, 0.5) is 17.1 Å². The molecule has 0 fully saturated rings. The number of rotatable bonds is 5. The summed E-state index contributed by atoms with van der Waals surface area (Å²) in [6.45, 7) is 0. The summed E-state index contributed by atoms with van der Waals surface area (Å²) in [6, 6.07) is 69.7. The fourth-order valence-electron chi connectivity index (χ4n) is 8.35. The summed E-state index contributed by atoms with van der Waals surface area (Å²) in [5, 5.41) is 9.65. The predicted molar refractivity (Wildman–Crippen MR) is 223 cm³/mol. The first-order valence-electron chi connectivity index (χ1n) is 18.1. The van der Waals surface area contributed by atoms with Crippen LogP contribution in [0, 0.1) is 0 Å². The molecule has 248 valence electrons. The number of furan rings is 1. The first kappa shape index (κ1) is 29.6. The zero-order chi connectivity index (χ0) is 34.9. The number of nitrogens with zero attached hydrogens (tertiary/aromatic N) is 2. The molecule has 11 rings (SSSR count). The largest absolute Gasteiger partial charge is 0.454 e. The van der Waals surface area contributed by atoms with Gasteiger partial charge in [-0.1, -0.05) is 133 Å². The van der Waals surface area contributed by atoms with Gasteiger partial charge in [0, 0.05) is 38.3 Å². The summed E-state index contributed by atoms with van der Waals surface area (Å²) < 4.78 is 8.87. The van der Waals surface area contributed by atoms with Crippen molar-refractivity contribution in [3.05, 3.63) is 194 Å². The number of hydrogen-bond donors (Lipinski definition) is 0. The van der Waals surface area contributed by atoms with Gasteiger partial charge in [0.05, 0.1) is 22.4 Å². The van der Waals surface area contributed by atoms with E-state index in [9.17, 15) is 0 Å². The standard InChI is InChI=1S/C50H32N2O/c1-2-14-36(15-3-1)51(48-32-35-13-4-5-16-38(35)39-17-6-7-18-40(39)48)37-28-25-33(26-29-37)34-27-30-46-44(31-34)41-19-8-10-22-45(41)52(46)47-23-12-21-43-42-20-9-11-24-49(42)53-50(43)47/h1-32H. The Morgan fingerprint density at radius 2 is 1.00 bits per heavy atom. The van der Waals surface area contributed by atoms with Crippen LogP contribution in [0.2, 0.25) is 0 Å². The van der Waals surface area contributed by atoms with Gasteiger partial charge in [0.2, 0.25) is 0 Å². The second-order valence-corrected chi connectivity index (χ2v) is 13.7. The second kappa shape index (κ2) is 11.7. The molecule has 2 aromatic heterocycles. The Morgan fingerprint density at radius 3 is 1.85 bits per heavy atom. The smallest absolute Gasteiger partial charge is 0.159 e. The van der Waals surface area contributed by atoms with Crippen molar-refractivity contribution in [1.29, 1.82) is 0 Å². The van der Waals surface area contributed by atoms with Crippen molar-refractivity contribution in [2.45, 2.75) is 0 Å². The molecule has 0 spiro atoms. The average molecular weight is 677 g/mol. The van der Waals surface area contributed by atoms with Gasteiger partial charge in [0.1, 0.15) is 5.58 Å². The van der Waals surface area contributed by atoms with Crippen molar-refractivity contribution in [2.75, 3.05) is 4.90 Å². The Balaban J connectivity index is 1.05. The van der Waals surface area contributed by atoms with Gasteiger partial charge < -0.3 is 13.9 Å². The van der Waals surface area contributed by atoms with E-state index in [0.717, 1.165) is 55.7 Å². The van der Waals surface area contributed by atoms with E-state index in [1.165, 1.54) is 43.4 Å². The molecule has 0 aliphatic carbocycles. The molecule has 0 amide bonds. The zero-order valence-corrected chi connectivity index (χ0v) is 28.8. The molecule has 9 aromatic carbocycles. The van der Waals surface area contributed by atoms with E-state index in [1.807, 2.05) is 12.1 Å². The average Bonchev–Trinajstić information content (AvgIpc) is 3.77. The lowest BCUT2D eigenvalue weighted by molar-refractivity contribution is 0.666. The van der Waals surface area contributed by atoms with Crippen LogP contribution in [0.25, 0.3) is 82.1 Å². The normalized spacial score (nSPS) is 11.8. The van der Waals surface area contributed by atoms with E-state index in [0.29, 0.717) is 0 Å². The highest BCUT2D eigenvalue weighted by atomic mass is 16.3. The summed E-state index contributed by atoms with van der Waals surface area (Å²) in [5.74, 6) is 0. The topological polar surface area (TPSA) is 21.3 Å². The van der Waals surface area contributed by atoms with Gasteiger partial charge in [-0.05, 0) is 87.9 Å². The first-order valence-corrected chi connectivity index (χ1v) is 18.1. The van der Waals surface area contributed by atoms with E-state index in [-0.39, 0.29) is 0 Å². The Labute approximate surface area is 306 Å². The molecule has 2 heterocycles. The molecule has 0 aliphatic heterocycles. The number of aromatic nitrogens is 1. The van der Waals surface area contributed by atoms with E-state index in [4.69, 9.17) is 4.42 Å². The van der Waals surface area contributed by atoms with Crippen LogP contribution in [-0.4, -0.2) is 4.57 Å². The SMILES string of the molecule is c1ccc(N(c2ccc(-c3ccc4c(c3)c3ccccc3n4-c3cccc4c3oc3ccccc34)cc2)c2cc3ccccc3c3ccccc23)cc1. The van der Waals surface area contributed by atoms with Crippen molar-refractivity contribution in [3.8, 4) is 16.8 Å². The lowest BCUT2D eigenvalue weighted by Gasteiger charge is -2.27. The quantitative estimate of drug-likeness (QED) is 0.169. The van der Waals surface area contributed by atoms with Crippen LogP contribution in [-0.2, 0) is 0 Å². The monoisotopic (exact) mass is 676 g/mol. The van der Waals surface area contributed by atoms with Crippen LogP contribution in [0.3, 0.4) is 0 Å². The fraction of sp³-hybridized carbons (Fsp3) is 0. The molecule has 0 atom stereocenters. The molecule has 0 saturated heterocycles. The molecule has 0 radical (unpaired) electrons. The summed E-state index contributed by atoms with van der Waals surface area (Å²) in [6.07, 6.45) is 0. The summed E-state index contributed by atoms with van der Waals surface area (Å²) >= 11 is 0. The van der Waals surface area contributed by atoms with E-state index >= 15 is 0 Å². The third-order valence-electron chi connectivity index (χ3n) is 10.8. The summed E-state index contributed by atoms with van der Waals surface area (Å²) in [5.41, 5.74) is 10.9. The molecule has 3 nitrogen and oxygen atoms in total. The maximum absolute atomic E-state index is 6.51. The third kappa shape index (κ3) is 4.61. The number of benzene rings is 9. The van der Waals surface area contributed by atoms with Crippen LogP contribution >= 0.6 is 0 Å². The van der Waals surface area contributed by atoms with E-state index in [2.05, 4.69) is 191 Å². The third-order valence-corrected chi connectivity index (χ3v) is 10.8. The summed E-state index contributed by atoms with van der Waals surface area (Å²) in [4.78, 5) is 2.38. The number of para-hydroxylation sites is 4. The van der Waals surface area contributed by atoms with Gasteiger partial charge in [-0.15, -0.1) is 0 Å². The molecule has 53 heavy (non-hydrogen) atoms. The minimum atomic E-state index is 0.901. The van der Waals surface area contributed by atoms with Gasteiger partial charge in [0.25, 0.3) is 0 Å². The van der Waals surface area contributed by atoms with Crippen molar-refractivity contribution in [2.24, 2.45) is 0 Å². The predicted octanol–water partition coefficient (Wildman–Crippen LogP) is 14.1. The van der Waals surface area contributed by atoms with Crippen molar-refractivity contribution in [1.82, 2.24) is 4.57 Å². The van der Waals surface area contributed by atoms with Gasteiger partial charge in [-0.2, -0.15) is 0 Å². The highest BCUT2D eigenvalue weighted by molar-refractivity contribution is 6.15. The van der Waals surface area contributed by atoms with Crippen LogP contribution in [0.1, 0.15) is 0 Å². The number of hydrogen-bond acceptors (Lipinski definition) is 2. The molecule has 0 saturated carbocycles. The maximum Gasteiger partial charge on any atom is 0.159 e.